The monoisotopic (exact) mass is 435 g/mol. The van der Waals surface area contributed by atoms with Crippen LogP contribution in [0.3, 0.4) is 0 Å². The molecule has 140 valence electrons. The van der Waals surface area contributed by atoms with Crippen LogP contribution < -0.4 is 14.4 Å². The summed E-state index contributed by atoms with van der Waals surface area (Å²) < 4.78 is 11.6. The van der Waals surface area contributed by atoms with Gasteiger partial charge in [0.05, 0.1) is 25.5 Å². The van der Waals surface area contributed by atoms with Gasteiger partial charge >= 0.3 is 0 Å². The van der Waals surface area contributed by atoms with Crippen LogP contribution in [0.4, 0.5) is 11.4 Å². The Hall–Kier alpha value is -3.05. The second-order valence-corrected chi connectivity index (χ2v) is 7.13. The third-order valence-electron chi connectivity index (χ3n) is 4.69. The van der Waals surface area contributed by atoms with Crippen LogP contribution in [0.15, 0.2) is 71.2 Å². The number of hydrogen-bond acceptors (Lipinski definition) is 3. The van der Waals surface area contributed by atoms with Crippen LogP contribution in [0.5, 0.6) is 11.5 Å². The highest BCUT2D eigenvalue weighted by Gasteiger charge is 2.33. The molecule has 0 aliphatic carbocycles. The lowest BCUT2D eigenvalue weighted by Gasteiger charge is -2.16. The van der Waals surface area contributed by atoms with Crippen molar-refractivity contribution < 1.29 is 14.3 Å². The van der Waals surface area contributed by atoms with Gasteiger partial charge in [-0.25, -0.2) is 0 Å². The molecule has 28 heavy (non-hydrogen) atoms. The van der Waals surface area contributed by atoms with Gasteiger partial charge in [-0.15, -0.1) is 0 Å². The zero-order valence-corrected chi connectivity index (χ0v) is 17.1. The molecule has 3 aromatic carbocycles. The van der Waals surface area contributed by atoms with Crippen molar-refractivity contribution in [2.24, 2.45) is 0 Å². The predicted molar refractivity (Wildman–Crippen MR) is 115 cm³/mol. The first-order chi connectivity index (χ1) is 13.6. The SMILES string of the molecule is COc1cc(Br)c(/C=C2/C(=O)N(c3ccccc3)c3ccccc32)cc1OC. The maximum absolute atomic E-state index is 13.3. The summed E-state index contributed by atoms with van der Waals surface area (Å²) in [6.07, 6.45) is 1.89. The van der Waals surface area contributed by atoms with E-state index in [9.17, 15) is 4.79 Å². The van der Waals surface area contributed by atoms with Gasteiger partial charge in [0.25, 0.3) is 5.91 Å². The summed E-state index contributed by atoms with van der Waals surface area (Å²) in [4.78, 5) is 15.1. The zero-order valence-electron chi connectivity index (χ0n) is 15.5. The van der Waals surface area contributed by atoms with Crippen LogP contribution >= 0.6 is 15.9 Å². The molecule has 4 rings (SSSR count). The van der Waals surface area contributed by atoms with E-state index in [0.717, 1.165) is 27.0 Å². The third-order valence-corrected chi connectivity index (χ3v) is 5.37. The number of rotatable bonds is 4. The van der Waals surface area contributed by atoms with E-state index in [1.165, 1.54) is 0 Å². The number of anilines is 2. The smallest absolute Gasteiger partial charge is 0.263 e. The molecule has 0 unspecified atom stereocenters. The largest absolute Gasteiger partial charge is 0.493 e. The molecule has 0 fully saturated rings. The Morgan fingerprint density at radius 1 is 0.893 bits per heavy atom. The number of hydrogen-bond donors (Lipinski definition) is 0. The van der Waals surface area contributed by atoms with Crippen molar-refractivity contribution in [3.05, 3.63) is 82.3 Å². The Kier molecular flexibility index (Phi) is 4.92. The van der Waals surface area contributed by atoms with Gasteiger partial charge in [-0.05, 0) is 42.0 Å². The van der Waals surface area contributed by atoms with Gasteiger partial charge in [0.1, 0.15) is 0 Å². The number of methoxy groups -OCH3 is 2. The maximum atomic E-state index is 13.3. The molecule has 1 heterocycles. The van der Waals surface area contributed by atoms with E-state index >= 15 is 0 Å². The van der Waals surface area contributed by atoms with E-state index < -0.39 is 0 Å². The van der Waals surface area contributed by atoms with Gasteiger partial charge < -0.3 is 9.47 Å². The highest BCUT2D eigenvalue weighted by Crippen LogP contribution is 2.43. The summed E-state index contributed by atoms with van der Waals surface area (Å²) >= 11 is 3.57. The lowest BCUT2D eigenvalue weighted by atomic mass is 10.0. The van der Waals surface area contributed by atoms with Gasteiger partial charge in [-0.3, -0.25) is 9.69 Å². The number of amides is 1. The van der Waals surface area contributed by atoms with E-state index in [4.69, 9.17) is 9.47 Å². The van der Waals surface area contributed by atoms with Gasteiger partial charge in [-0.2, -0.15) is 0 Å². The van der Waals surface area contributed by atoms with Crippen molar-refractivity contribution in [3.8, 4) is 11.5 Å². The molecule has 5 heteroatoms. The van der Waals surface area contributed by atoms with Gasteiger partial charge in [0.15, 0.2) is 11.5 Å². The van der Waals surface area contributed by atoms with Crippen molar-refractivity contribution in [2.75, 3.05) is 19.1 Å². The fraction of sp³-hybridized carbons (Fsp3) is 0.0870. The first-order valence-corrected chi connectivity index (χ1v) is 9.55. The Labute approximate surface area is 172 Å². The lowest BCUT2D eigenvalue weighted by molar-refractivity contribution is -0.112. The molecule has 0 bridgehead atoms. The van der Waals surface area contributed by atoms with Crippen molar-refractivity contribution in [2.45, 2.75) is 0 Å². The molecule has 0 saturated carbocycles. The zero-order chi connectivity index (χ0) is 19.7. The van der Waals surface area contributed by atoms with Gasteiger partial charge in [0, 0.05) is 15.7 Å². The maximum Gasteiger partial charge on any atom is 0.263 e. The Bertz CT molecular complexity index is 1080. The van der Waals surface area contributed by atoms with Crippen molar-refractivity contribution in [3.63, 3.8) is 0 Å². The number of carbonyl (C=O) groups is 1. The first kappa shape index (κ1) is 18.3. The Balaban J connectivity index is 1.86. The molecule has 1 amide bonds. The molecule has 4 nitrogen and oxygen atoms in total. The molecule has 3 aromatic rings. The van der Waals surface area contributed by atoms with E-state index in [1.54, 1.807) is 19.1 Å². The van der Waals surface area contributed by atoms with Crippen LogP contribution in [0.2, 0.25) is 0 Å². The minimum Gasteiger partial charge on any atom is -0.493 e. The van der Waals surface area contributed by atoms with Crippen molar-refractivity contribution in [1.82, 2.24) is 0 Å². The first-order valence-electron chi connectivity index (χ1n) is 8.76. The Morgan fingerprint density at radius 2 is 1.54 bits per heavy atom. The summed E-state index contributed by atoms with van der Waals surface area (Å²) in [6, 6.07) is 21.2. The average Bonchev–Trinajstić information content (AvgIpc) is 3.01. The number of nitrogens with zero attached hydrogens (tertiary/aromatic N) is 1. The molecular weight excluding hydrogens is 418 g/mol. The topological polar surface area (TPSA) is 38.8 Å². The number of carbonyl (C=O) groups excluding carboxylic acids is 1. The summed E-state index contributed by atoms with van der Waals surface area (Å²) in [5.74, 6) is 1.17. The summed E-state index contributed by atoms with van der Waals surface area (Å²) in [6.45, 7) is 0. The minimum absolute atomic E-state index is 0.0610. The van der Waals surface area contributed by atoms with Crippen LogP contribution in [0.25, 0.3) is 11.6 Å². The average molecular weight is 436 g/mol. The fourth-order valence-electron chi connectivity index (χ4n) is 3.35. The number of benzene rings is 3. The normalized spacial score (nSPS) is 14.3. The summed E-state index contributed by atoms with van der Waals surface area (Å²) in [5.41, 5.74) is 4.09. The van der Waals surface area contributed by atoms with Crippen LogP contribution in [0, 0.1) is 0 Å². The van der Waals surface area contributed by atoms with E-state index in [1.807, 2.05) is 72.8 Å². The van der Waals surface area contributed by atoms with Crippen molar-refractivity contribution >= 4 is 44.9 Å². The molecule has 1 aliphatic heterocycles. The van der Waals surface area contributed by atoms with Gasteiger partial charge in [-0.1, -0.05) is 52.3 Å². The fourth-order valence-corrected chi connectivity index (χ4v) is 3.79. The summed E-state index contributed by atoms with van der Waals surface area (Å²) in [7, 11) is 3.19. The Morgan fingerprint density at radius 3 is 2.25 bits per heavy atom. The summed E-state index contributed by atoms with van der Waals surface area (Å²) in [5, 5.41) is 0. The van der Waals surface area contributed by atoms with E-state index in [0.29, 0.717) is 17.1 Å². The standard InChI is InChI=1S/C23H18BrNO3/c1-27-21-13-15(19(24)14-22(21)28-2)12-18-17-10-6-7-11-20(17)25(23(18)26)16-8-4-3-5-9-16/h3-14H,1-2H3/b18-12+. The molecule has 0 N–H and O–H groups in total. The quantitative estimate of drug-likeness (QED) is 0.494. The lowest BCUT2D eigenvalue weighted by Crippen LogP contribution is -2.20. The van der Waals surface area contributed by atoms with Gasteiger partial charge in [0.2, 0.25) is 0 Å². The highest BCUT2D eigenvalue weighted by atomic mass is 79.9. The van der Waals surface area contributed by atoms with E-state index in [2.05, 4.69) is 15.9 Å². The molecule has 0 aromatic heterocycles. The molecule has 0 spiro atoms. The molecule has 0 atom stereocenters. The number of para-hydroxylation sites is 2. The van der Waals surface area contributed by atoms with Crippen LogP contribution in [0.1, 0.15) is 11.1 Å². The number of ether oxygens (including phenoxy) is 2. The number of fused-ring (bicyclic) bond motifs is 1. The predicted octanol–water partition coefficient (Wildman–Crippen LogP) is 5.69. The highest BCUT2D eigenvalue weighted by molar-refractivity contribution is 9.10. The molecular formula is C23H18BrNO3. The third kappa shape index (κ3) is 3.08. The number of halogens is 1. The minimum atomic E-state index is -0.0610. The second kappa shape index (κ2) is 7.52. The molecule has 0 saturated heterocycles. The van der Waals surface area contributed by atoms with E-state index in [-0.39, 0.29) is 5.91 Å². The second-order valence-electron chi connectivity index (χ2n) is 6.28. The molecule has 0 radical (unpaired) electrons. The molecule has 1 aliphatic rings. The van der Waals surface area contributed by atoms with Crippen LogP contribution in [-0.4, -0.2) is 20.1 Å². The van der Waals surface area contributed by atoms with Crippen molar-refractivity contribution in [1.29, 1.82) is 0 Å². The van der Waals surface area contributed by atoms with Crippen LogP contribution in [-0.2, 0) is 4.79 Å².